The number of nitrogens with zero attached hydrogens (tertiary/aromatic N) is 1. The summed E-state index contributed by atoms with van der Waals surface area (Å²) >= 11 is 0. The van der Waals surface area contributed by atoms with Crippen LogP contribution in [0.3, 0.4) is 0 Å². The van der Waals surface area contributed by atoms with Crippen LogP contribution in [0.25, 0.3) is 0 Å². The van der Waals surface area contributed by atoms with Gasteiger partial charge in [0.1, 0.15) is 6.61 Å². The normalized spacial score (nSPS) is 20.5. The number of ether oxygens (including phenoxy) is 1. The highest BCUT2D eigenvalue weighted by molar-refractivity contribution is 5.71. The van der Waals surface area contributed by atoms with Crippen LogP contribution in [0.15, 0.2) is 42.6 Å². The van der Waals surface area contributed by atoms with E-state index in [-0.39, 0.29) is 12.1 Å². The largest absolute Gasteiger partial charge is 0.447 e. The molecule has 4 heteroatoms. The number of rotatable bonds is 3. The van der Waals surface area contributed by atoms with Gasteiger partial charge in [-0.15, -0.1) is 0 Å². The summed E-state index contributed by atoms with van der Waals surface area (Å²) in [6.45, 7) is 3.64. The third kappa shape index (κ3) is 2.90. The summed E-state index contributed by atoms with van der Waals surface area (Å²) < 4.78 is 5.05. The highest BCUT2D eigenvalue weighted by Gasteiger charge is 2.32. The molecule has 18 heavy (non-hydrogen) atoms. The Hall–Kier alpha value is -1.81. The zero-order chi connectivity index (χ0) is 13.2. The first-order valence-electron chi connectivity index (χ1n) is 5.89. The van der Waals surface area contributed by atoms with Gasteiger partial charge in [0.05, 0.1) is 11.6 Å². The molecule has 96 valence electrons. The van der Waals surface area contributed by atoms with E-state index in [0.29, 0.717) is 6.61 Å². The Morgan fingerprint density at radius 2 is 2.06 bits per heavy atom. The van der Waals surface area contributed by atoms with Crippen molar-refractivity contribution in [2.24, 2.45) is 0 Å². The maximum Gasteiger partial charge on any atom is 0.414 e. The molecule has 0 aliphatic carbocycles. The Kier molecular flexibility index (Phi) is 3.39. The lowest BCUT2D eigenvalue weighted by molar-refractivity contribution is 0.131. The van der Waals surface area contributed by atoms with Crippen molar-refractivity contribution in [1.29, 1.82) is 0 Å². The van der Waals surface area contributed by atoms with Gasteiger partial charge in [-0.2, -0.15) is 0 Å². The van der Waals surface area contributed by atoms with Crippen molar-refractivity contribution in [3.05, 3.63) is 48.2 Å². The van der Waals surface area contributed by atoms with Crippen LogP contribution < -0.4 is 0 Å². The van der Waals surface area contributed by atoms with E-state index < -0.39 is 5.60 Å². The third-order valence-electron chi connectivity index (χ3n) is 2.74. The van der Waals surface area contributed by atoms with Crippen LogP contribution in [0.2, 0.25) is 0 Å². The van der Waals surface area contributed by atoms with Crippen molar-refractivity contribution in [2.75, 3.05) is 6.61 Å². The van der Waals surface area contributed by atoms with Crippen LogP contribution in [-0.2, 0) is 4.74 Å². The summed E-state index contributed by atoms with van der Waals surface area (Å²) in [5.41, 5.74) is 0.0631. The Bertz CT molecular complexity index is 448. The lowest BCUT2D eigenvalue weighted by Gasteiger charge is -2.19. The lowest BCUT2D eigenvalue weighted by atomic mass is 10.1. The summed E-state index contributed by atoms with van der Waals surface area (Å²) in [7, 11) is 0. The van der Waals surface area contributed by atoms with Crippen molar-refractivity contribution < 1.29 is 14.6 Å². The first-order chi connectivity index (χ1) is 8.47. The van der Waals surface area contributed by atoms with E-state index in [9.17, 15) is 9.90 Å². The molecule has 1 saturated heterocycles. The molecule has 0 unspecified atom stereocenters. The predicted octanol–water partition coefficient (Wildman–Crippen LogP) is 2.46. The summed E-state index contributed by atoms with van der Waals surface area (Å²) in [5, 5.41) is 9.66. The quantitative estimate of drug-likeness (QED) is 0.892. The van der Waals surface area contributed by atoms with Crippen molar-refractivity contribution in [3.63, 3.8) is 0 Å². The van der Waals surface area contributed by atoms with Crippen molar-refractivity contribution in [3.8, 4) is 0 Å². The second kappa shape index (κ2) is 4.82. The first kappa shape index (κ1) is 12.6. The molecule has 4 nitrogen and oxygen atoms in total. The molecule has 1 amide bonds. The van der Waals surface area contributed by atoms with Gasteiger partial charge in [0.25, 0.3) is 0 Å². The van der Waals surface area contributed by atoms with Crippen LogP contribution in [0.4, 0.5) is 4.79 Å². The number of aliphatic hydroxyl groups is 1. The van der Waals surface area contributed by atoms with Crippen LogP contribution in [0, 0.1) is 0 Å². The Labute approximate surface area is 106 Å². The Balaban J connectivity index is 2.21. The Morgan fingerprint density at radius 3 is 2.67 bits per heavy atom. The molecule has 1 aliphatic rings. The average Bonchev–Trinajstić information content (AvgIpc) is 2.68. The topological polar surface area (TPSA) is 49.8 Å². The molecule has 1 aromatic carbocycles. The van der Waals surface area contributed by atoms with Gasteiger partial charge in [0.15, 0.2) is 0 Å². The van der Waals surface area contributed by atoms with Gasteiger partial charge in [-0.3, -0.25) is 4.90 Å². The summed E-state index contributed by atoms with van der Waals surface area (Å²) in [6.07, 6.45) is 2.78. The van der Waals surface area contributed by atoms with E-state index in [2.05, 4.69) is 0 Å². The molecule has 0 saturated carbocycles. The molecule has 1 fully saturated rings. The molecule has 0 aromatic heterocycles. The van der Waals surface area contributed by atoms with E-state index in [1.54, 1.807) is 26.1 Å². The van der Waals surface area contributed by atoms with Crippen molar-refractivity contribution >= 4 is 6.09 Å². The Morgan fingerprint density at radius 1 is 1.39 bits per heavy atom. The number of hydrogen-bond acceptors (Lipinski definition) is 3. The molecular formula is C14H17NO3. The van der Waals surface area contributed by atoms with Gasteiger partial charge >= 0.3 is 6.09 Å². The van der Waals surface area contributed by atoms with E-state index in [0.717, 1.165) is 5.56 Å². The maximum absolute atomic E-state index is 11.6. The number of cyclic esters (lactones) is 1. The van der Waals surface area contributed by atoms with Gasteiger partial charge < -0.3 is 9.84 Å². The molecule has 0 spiro atoms. The highest BCUT2D eigenvalue weighted by Crippen LogP contribution is 2.28. The first-order valence-corrected chi connectivity index (χ1v) is 5.89. The van der Waals surface area contributed by atoms with Gasteiger partial charge in [-0.1, -0.05) is 30.3 Å². The number of carbonyl (C=O) groups excluding carboxylic acids is 1. The smallest absolute Gasteiger partial charge is 0.414 e. The third-order valence-corrected chi connectivity index (χ3v) is 2.74. The van der Waals surface area contributed by atoms with Crippen LogP contribution in [-0.4, -0.2) is 28.3 Å². The molecule has 1 aromatic rings. The second-order valence-electron chi connectivity index (χ2n) is 4.88. The number of hydrogen-bond donors (Lipinski definition) is 1. The summed E-state index contributed by atoms with van der Waals surface area (Å²) in [5.74, 6) is 0. The van der Waals surface area contributed by atoms with Crippen molar-refractivity contribution in [2.45, 2.75) is 25.5 Å². The fourth-order valence-corrected chi connectivity index (χ4v) is 1.79. The molecule has 0 radical (unpaired) electrons. The number of amides is 1. The average molecular weight is 247 g/mol. The minimum absolute atomic E-state index is 0.128. The maximum atomic E-state index is 11.6. The van der Waals surface area contributed by atoms with Gasteiger partial charge in [-0.25, -0.2) is 4.79 Å². The SMILES string of the molecule is CC(C)(O)/C=C/N1C(=O)OC[C@H]1c1ccccc1. The second-order valence-corrected chi connectivity index (χ2v) is 4.88. The zero-order valence-corrected chi connectivity index (χ0v) is 10.5. The van der Waals surface area contributed by atoms with E-state index >= 15 is 0 Å². The van der Waals surface area contributed by atoms with E-state index in [1.165, 1.54) is 4.90 Å². The van der Waals surface area contributed by atoms with E-state index in [1.807, 2.05) is 30.3 Å². The molecule has 1 atom stereocenters. The van der Waals surface area contributed by atoms with Gasteiger partial charge in [0.2, 0.25) is 0 Å². The monoisotopic (exact) mass is 247 g/mol. The minimum Gasteiger partial charge on any atom is -0.447 e. The molecule has 0 bridgehead atoms. The highest BCUT2D eigenvalue weighted by atomic mass is 16.6. The number of benzene rings is 1. The van der Waals surface area contributed by atoms with Crippen LogP contribution in [0.1, 0.15) is 25.5 Å². The summed E-state index contributed by atoms with van der Waals surface area (Å²) in [6, 6.07) is 9.57. The minimum atomic E-state index is -0.954. The predicted molar refractivity (Wildman–Crippen MR) is 67.8 cm³/mol. The molecular weight excluding hydrogens is 230 g/mol. The lowest BCUT2D eigenvalue weighted by Crippen LogP contribution is -2.24. The number of carbonyl (C=O) groups is 1. The van der Waals surface area contributed by atoms with Crippen LogP contribution in [0.5, 0.6) is 0 Å². The molecule has 2 rings (SSSR count). The summed E-state index contributed by atoms with van der Waals surface area (Å²) in [4.78, 5) is 13.2. The van der Waals surface area contributed by atoms with Crippen molar-refractivity contribution in [1.82, 2.24) is 4.90 Å². The fraction of sp³-hybridized carbons (Fsp3) is 0.357. The molecule has 1 aliphatic heterocycles. The zero-order valence-electron chi connectivity index (χ0n) is 10.5. The standard InChI is InChI=1S/C14H17NO3/c1-14(2,17)8-9-15-12(10-18-13(15)16)11-6-4-3-5-7-11/h3-9,12,17H,10H2,1-2H3/b9-8+/t12-/m0/s1. The van der Waals surface area contributed by atoms with Gasteiger partial charge in [0, 0.05) is 6.20 Å². The van der Waals surface area contributed by atoms with Crippen LogP contribution >= 0.6 is 0 Å². The molecule has 1 heterocycles. The molecule has 1 N–H and O–H groups in total. The van der Waals surface area contributed by atoms with Gasteiger partial charge in [-0.05, 0) is 25.5 Å². The van der Waals surface area contributed by atoms with E-state index in [4.69, 9.17) is 4.74 Å². The fourth-order valence-electron chi connectivity index (χ4n) is 1.79.